The number of terminal acetylenes is 1. The maximum Gasteiger partial charge on any atom is 0.0214 e. The monoisotopic (exact) mass is 152 g/mol. The molecule has 0 bridgehead atoms. The predicted molar refractivity (Wildman–Crippen MR) is 47.4 cm³/mol. The third-order valence-electron chi connectivity index (χ3n) is 2.17. The highest BCUT2D eigenvalue weighted by Crippen LogP contribution is 1.98. The number of hydrogen-bond acceptors (Lipinski definition) is 2. The van der Waals surface area contributed by atoms with Crippen LogP contribution in [0.1, 0.15) is 6.42 Å². The van der Waals surface area contributed by atoms with Crippen LogP contribution in [0, 0.1) is 12.3 Å². The Morgan fingerprint density at radius 1 is 1.27 bits per heavy atom. The van der Waals surface area contributed by atoms with Gasteiger partial charge in [0.25, 0.3) is 0 Å². The van der Waals surface area contributed by atoms with Gasteiger partial charge in [0.15, 0.2) is 0 Å². The minimum Gasteiger partial charge on any atom is -0.304 e. The second kappa shape index (κ2) is 4.38. The number of piperazine rings is 1. The molecule has 0 aromatic carbocycles. The van der Waals surface area contributed by atoms with Crippen molar-refractivity contribution in [2.75, 3.05) is 39.8 Å². The Balaban J connectivity index is 2.13. The van der Waals surface area contributed by atoms with E-state index in [1.807, 2.05) is 0 Å². The van der Waals surface area contributed by atoms with Crippen molar-refractivity contribution < 1.29 is 0 Å². The molecule has 1 aliphatic heterocycles. The molecule has 0 saturated carbocycles. The van der Waals surface area contributed by atoms with Crippen LogP contribution in [0.4, 0.5) is 0 Å². The molecule has 1 aliphatic rings. The SMILES string of the molecule is C#CCCN1CCN(C)CC1. The Kier molecular flexibility index (Phi) is 3.41. The summed E-state index contributed by atoms with van der Waals surface area (Å²) in [5.74, 6) is 2.67. The molecule has 0 spiro atoms. The molecule has 1 fully saturated rings. The lowest BCUT2D eigenvalue weighted by atomic mass is 10.3. The quantitative estimate of drug-likeness (QED) is 0.524. The van der Waals surface area contributed by atoms with Gasteiger partial charge in [-0.15, -0.1) is 12.3 Å². The van der Waals surface area contributed by atoms with Crippen LogP contribution in [0.15, 0.2) is 0 Å². The zero-order valence-corrected chi connectivity index (χ0v) is 7.21. The topological polar surface area (TPSA) is 6.48 Å². The summed E-state index contributed by atoms with van der Waals surface area (Å²) >= 11 is 0. The maximum absolute atomic E-state index is 5.19. The van der Waals surface area contributed by atoms with E-state index in [4.69, 9.17) is 6.42 Å². The second-order valence-corrected chi connectivity index (χ2v) is 3.10. The van der Waals surface area contributed by atoms with Crippen LogP contribution in [0.25, 0.3) is 0 Å². The van der Waals surface area contributed by atoms with Gasteiger partial charge in [0.2, 0.25) is 0 Å². The summed E-state index contributed by atoms with van der Waals surface area (Å²) in [5, 5.41) is 0. The first-order valence-corrected chi connectivity index (χ1v) is 4.17. The Labute approximate surface area is 69.2 Å². The molecular formula is C9H16N2. The molecule has 0 radical (unpaired) electrons. The maximum atomic E-state index is 5.19. The van der Waals surface area contributed by atoms with Gasteiger partial charge in [0.1, 0.15) is 0 Å². The van der Waals surface area contributed by atoms with E-state index in [1.165, 1.54) is 26.2 Å². The van der Waals surface area contributed by atoms with Gasteiger partial charge in [0.05, 0.1) is 0 Å². The molecule has 0 atom stereocenters. The third-order valence-corrected chi connectivity index (χ3v) is 2.17. The van der Waals surface area contributed by atoms with E-state index in [-0.39, 0.29) is 0 Å². The third kappa shape index (κ3) is 2.92. The average molecular weight is 152 g/mol. The first kappa shape index (κ1) is 8.58. The standard InChI is InChI=1S/C9H16N2/c1-3-4-5-11-8-6-10(2)7-9-11/h1H,4-9H2,2H3. The highest BCUT2D eigenvalue weighted by molar-refractivity contribution is 4.85. The van der Waals surface area contributed by atoms with Gasteiger partial charge in [-0.05, 0) is 7.05 Å². The second-order valence-electron chi connectivity index (χ2n) is 3.10. The Morgan fingerprint density at radius 2 is 1.91 bits per heavy atom. The summed E-state index contributed by atoms with van der Waals surface area (Å²) in [6.45, 7) is 5.80. The molecule has 0 aromatic rings. The fourth-order valence-corrected chi connectivity index (χ4v) is 1.29. The zero-order valence-electron chi connectivity index (χ0n) is 7.21. The van der Waals surface area contributed by atoms with Crippen molar-refractivity contribution in [2.24, 2.45) is 0 Å². The number of likely N-dealkylation sites (N-methyl/N-ethyl adjacent to an activating group) is 1. The molecule has 0 unspecified atom stereocenters. The van der Waals surface area contributed by atoms with Crippen molar-refractivity contribution >= 4 is 0 Å². The lowest BCUT2D eigenvalue weighted by molar-refractivity contribution is 0.157. The average Bonchev–Trinajstić information content (AvgIpc) is 2.04. The highest BCUT2D eigenvalue weighted by atomic mass is 15.2. The summed E-state index contributed by atoms with van der Waals surface area (Å²) in [7, 11) is 2.17. The minimum absolute atomic E-state index is 0.893. The van der Waals surface area contributed by atoms with E-state index >= 15 is 0 Å². The molecule has 62 valence electrons. The minimum atomic E-state index is 0.893. The molecule has 0 aliphatic carbocycles. The van der Waals surface area contributed by atoms with Crippen LogP contribution in [0.3, 0.4) is 0 Å². The van der Waals surface area contributed by atoms with Gasteiger partial charge in [-0.1, -0.05) is 0 Å². The largest absolute Gasteiger partial charge is 0.304 e. The summed E-state index contributed by atoms with van der Waals surface area (Å²) in [5.41, 5.74) is 0. The zero-order chi connectivity index (χ0) is 8.10. The molecular weight excluding hydrogens is 136 g/mol. The summed E-state index contributed by atoms with van der Waals surface area (Å²) < 4.78 is 0. The lowest BCUT2D eigenvalue weighted by Gasteiger charge is -2.31. The van der Waals surface area contributed by atoms with Crippen LogP contribution in [0.5, 0.6) is 0 Å². The smallest absolute Gasteiger partial charge is 0.0214 e. The Morgan fingerprint density at radius 3 is 2.45 bits per heavy atom. The van der Waals surface area contributed by atoms with E-state index in [0.29, 0.717) is 0 Å². The summed E-state index contributed by atoms with van der Waals surface area (Å²) in [4.78, 5) is 4.78. The van der Waals surface area contributed by atoms with Crippen LogP contribution in [0.2, 0.25) is 0 Å². The van der Waals surface area contributed by atoms with Crippen molar-refractivity contribution in [1.82, 2.24) is 9.80 Å². The molecule has 1 rings (SSSR count). The van der Waals surface area contributed by atoms with Gasteiger partial charge in [0, 0.05) is 39.1 Å². The van der Waals surface area contributed by atoms with Crippen LogP contribution < -0.4 is 0 Å². The van der Waals surface area contributed by atoms with Crippen LogP contribution >= 0.6 is 0 Å². The molecule has 0 N–H and O–H groups in total. The summed E-state index contributed by atoms with van der Waals surface area (Å²) in [6, 6.07) is 0. The van der Waals surface area contributed by atoms with E-state index in [2.05, 4.69) is 22.8 Å². The molecule has 11 heavy (non-hydrogen) atoms. The molecule has 2 nitrogen and oxygen atoms in total. The fourth-order valence-electron chi connectivity index (χ4n) is 1.29. The first-order valence-electron chi connectivity index (χ1n) is 4.17. The van der Waals surface area contributed by atoms with Crippen molar-refractivity contribution in [3.05, 3.63) is 0 Å². The number of rotatable bonds is 2. The van der Waals surface area contributed by atoms with Gasteiger partial charge >= 0.3 is 0 Å². The summed E-state index contributed by atoms with van der Waals surface area (Å²) in [6.07, 6.45) is 6.08. The van der Waals surface area contributed by atoms with E-state index < -0.39 is 0 Å². The van der Waals surface area contributed by atoms with Crippen molar-refractivity contribution in [3.63, 3.8) is 0 Å². The Bertz CT molecular complexity index is 140. The Hall–Kier alpha value is -0.520. The highest BCUT2D eigenvalue weighted by Gasteiger charge is 2.11. The van der Waals surface area contributed by atoms with Gasteiger partial charge < -0.3 is 4.90 Å². The molecule has 0 amide bonds. The van der Waals surface area contributed by atoms with Crippen LogP contribution in [-0.2, 0) is 0 Å². The molecule has 2 heteroatoms. The lowest BCUT2D eigenvalue weighted by Crippen LogP contribution is -2.44. The predicted octanol–water partition coefficient (Wildman–Crippen LogP) is 0.257. The first-order chi connectivity index (χ1) is 5.33. The van der Waals surface area contributed by atoms with Gasteiger partial charge in [-0.25, -0.2) is 0 Å². The number of hydrogen-bond donors (Lipinski definition) is 0. The van der Waals surface area contributed by atoms with Gasteiger partial charge in [-0.2, -0.15) is 0 Å². The van der Waals surface area contributed by atoms with E-state index in [9.17, 15) is 0 Å². The van der Waals surface area contributed by atoms with E-state index in [1.54, 1.807) is 0 Å². The number of nitrogens with zero attached hydrogens (tertiary/aromatic N) is 2. The molecule has 1 heterocycles. The van der Waals surface area contributed by atoms with Crippen LogP contribution in [-0.4, -0.2) is 49.6 Å². The van der Waals surface area contributed by atoms with E-state index in [0.717, 1.165) is 13.0 Å². The van der Waals surface area contributed by atoms with Crippen molar-refractivity contribution in [3.8, 4) is 12.3 Å². The molecule has 0 aromatic heterocycles. The fraction of sp³-hybridized carbons (Fsp3) is 0.778. The molecule has 1 saturated heterocycles. The van der Waals surface area contributed by atoms with Crippen molar-refractivity contribution in [1.29, 1.82) is 0 Å². The van der Waals surface area contributed by atoms with Gasteiger partial charge in [-0.3, -0.25) is 4.90 Å². The normalized spacial score (nSPS) is 21.5. The van der Waals surface area contributed by atoms with Crippen molar-refractivity contribution in [2.45, 2.75) is 6.42 Å².